The second-order valence-corrected chi connectivity index (χ2v) is 28.6. The monoisotopic (exact) mass is 1740 g/mol. The van der Waals surface area contributed by atoms with Crippen LogP contribution < -0.4 is 60.8 Å². The van der Waals surface area contributed by atoms with Crippen LogP contribution in [0.4, 0.5) is 0 Å². The Bertz CT molecular complexity index is 6990. The molecule has 0 saturated carbocycles. The van der Waals surface area contributed by atoms with Crippen molar-refractivity contribution >= 4 is 23.9 Å². The molecule has 24 nitrogen and oxygen atoms in total. The molecule has 0 radical (unpaired) electrons. The number of methoxy groups -OCH3 is 8. The van der Waals surface area contributed by atoms with Gasteiger partial charge in [-0.2, -0.15) is 0 Å². The van der Waals surface area contributed by atoms with Gasteiger partial charge in [-0.3, -0.25) is 38.8 Å². The van der Waals surface area contributed by atoms with E-state index in [0.717, 1.165) is 50.6 Å². The molecule has 672 valence electrons. The lowest BCUT2D eigenvalue weighted by molar-refractivity contribution is -0.161. The Kier molecular flexibility index (Phi) is 14.2. The molecule has 120 heavy (non-hydrogen) atoms. The highest BCUT2D eigenvalue weighted by Gasteiger charge is 2.47. The van der Waals surface area contributed by atoms with Crippen molar-refractivity contribution in [2.75, 3.05) is 109 Å². The molecule has 16 unspecified atom stereocenters. The third kappa shape index (κ3) is 23.8. The standard InChI is InChI=1S/4C24H38N2O4/c4*1-14(2)9-17-13-26-8-7-16-10-21(28-5)22(29-6)11-18(16)19(26)12-20(17)30-24(27)23(25)15(3)4/h4*10-11,14-15,17,19-20,23H,7-9,12-13,25H2,1-6H3/t4*17?,19?,20?,23-/m0000/s1/i2*1D3,5D3,7D2,8D2,9D2,12D2,13D2,14D,17D,20D;2*1D3,7D2,8D2,9D2,12D2,13D2,14D,17D,20D/t4*14?,17?,19?,20?,23-. The van der Waals surface area contributed by atoms with Gasteiger partial charge >= 0.3 is 23.9 Å². The molecule has 8 aliphatic heterocycles. The molecule has 0 aliphatic carbocycles. The molecule has 4 aromatic carbocycles. The van der Waals surface area contributed by atoms with E-state index in [0.29, 0.717) is 39.8 Å². The molecule has 0 spiro atoms. The van der Waals surface area contributed by atoms with Crippen molar-refractivity contribution in [2.45, 2.75) is 260 Å². The van der Waals surface area contributed by atoms with E-state index in [1.807, 2.05) is 0 Å². The number of carbonyl (C=O) groups is 4. The smallest absolute Gasteiger partial charge is 0.323 e. The number of carbonyl (C=O) groups excluding carboxylic acids is 4. The van der Waals surface area contributed by atoms with Crippen molar-refractivity contribution in [1.29, 1.82) is 0 Å². The second-order valence-electron chi connectivity index (χ2n) is 28.6. The molecule has 0 bridgehead atoms. The Morgan fingerprint density at radius 3 is 0.725 bits per heavy atom. The summed E-state index contributed by atoms with van der Waals surface area (Å²) in [7, 11) is 0.416. The number of fused-ring (bicyclic) bond motifs is 12. The Morgan fingerprint density at radius 2 is 0.550 bits per heavy atom. The van der Waals surface area contributed by atoms with E-state index in [1.165, 1.54) is 83.8 Å². The van der Waals surface area contributed by atoms with Crippen LogP contribution in [0.1, 0.15) is 326 Å². The summed E-state index contributed by atoms with van der Waals surface area (Å²) in [5, 5.41) is 0. The number of nitrogens with zero attached hydrogens (tertiary/aromatic N) is 4. The number of ether oxygens (including phenoxy) is 12. The van der Waals surface area contributed by atoms with Gasteiger partial charge < -0.3 is 79.8 Å². The molecule has 8 N–H and O–H groups in total. The van der Waals surface area contributed by atoms with Crippen LogP contribution >= 0.6 is 0 Å². The van der Waals surface area contributed by atoms with E-state index < -0.39 is 405 Å². The largest absolute Gasteiger partial charge is 0.493 e. The first-order chi connectivity index (χ1) is 83.7. The third-order valence-corrected chi connectivity index (χ3v) is 18.4. The average molecular weight is 1740 g/mol. The molecule has 8 aliphatic rings. The van der Waals surface area contributed by atoms with E-state index in [9.17, 15) is 52.1 Å². The van der Waals surface area contributed by atoms with E-state index >= 15 is 0 Å². The average Bonchev–Trinajstić information content (AvgIpc) is 0.647. The summed E-state index contributed by atoms with van der Waals surface area (Å²) in [6.45, 7) is -33.4. The number of hydrogen-bond donors (Lipinski definition) is 4. The lowest BCUT2D eigenvalue weighted by atomic mass is 9.79. The lowest BCUT2D eigenvalue weighted by Gasteiger charge is -2.47. The predicted molar refractivity (Wildman–Crippen MR) is 471 cm³/mol. The molecule has 8 heterocycles. The number of nitrogens with two attached hydrogens (primary N) is 4. The maximum Gasteiger partial charge on any atom is 0.323 e. The van der Waals surface area contributed by atoms with Gasteiger partial charge in [-0.15, -0.1) is 0 Å². The quantitative estimate of drug-likeness (QED) is 0.0303. The van der Waals surface area contributed by atoms with Crippen LogP contribution in [0, 0.1) is 70.8 Å². The number of rotatable bonds is 28. The number of benzene rings is 4. The van der Waals surface area contributed by atoms with Gasteiger partial charge in [-0.25, -0.2) is 0 Å². The minimum atomic E-state index is -4.43. The summed E-state index contributed by atoms with van der Waals surface area (Å²) in [5.74, 6) is -44.3. The van der Waals surface area contributed by atoms with Crippen molar-refractivity contribution in [3.05, 3.63) is 93.0 Å². The van der Waals surface area contributed by atoms with Gasteiger partial charge in [0.25, 0.3) is 0 Å². The molecule has 4 saturated heterocycles. The molecular weight excluding hydrogens is 1520 g/mol. The first-order valence-electron chi connectivity index (χ1n) is 72.1. The summed E-state index contributed by atoms with van der Waals surface area (Å²) in [4.78, 5) is 52.8. The van der Waals surface area contributed by atoms with E-state index in [-0.39, 0.29) is 42.6 Å². The minimum Gasteiger partial charge on any atom is -0.493 e. The Labute approximate surface area is 817 Å². The van der Waals surface area contributed by atoms with Gasteiger partial charge in [0.2, 0.25) is 0 Å². The number of esters is 4. The summed E-state index contributed by atoms with van der Waals surface area (Å²) in [5.41, 5.74) is 18.2. The van der Waals surface area contributed by atoms with E-state index in [1.54, 1.807) is 0 Å². The Morgan fingerprint density at radius 1 is 0.358 bits per heavy atom. The van der Waals surface area contributed by atoms with Crippen LogP contribution in [0.3, 0.4) is 0 Å². The van der Waals surface area contributed by atoms with Crippen LogP contribution in [0.15, 0.2) is 48.5 Å². The van der Waals surface area contributed by atoms with Crippen molar-refractivity contribution in [2.24, 2.45) is 93.8 Å². The van der Waals surface area contributed by atoms with Crippen molar-refractivity contribution in [3.8, 4) is 46.0 Å². The molecule has 4 aromatic rings. The molecule has 24 heteroatoms. The van der Waals surface area contributed by atoms with Gasteiger partial charge in [0, 0.05) is 207 Å². The van der Waals surface area contributed by atoms with Crippen molar-refractivity contribution in [3.63, 3.8) is 0 Å². The minimum absolute atomic E-state index is 0.113. The molecule has 0 amide bonds. The fraction of sp³-hybridized carbons (Fsp3) is 0.708. The first kappa shape index (κ1) is 38.8. The van der Waals surface area contributed by atoms with Gasteiger partial charge in [0.05, 0.1) is 70.4 Å². The number of aryl methyl sites for hydroxylation is 4. The molecule has 4 fully saturated rings. The Balaban J connectivity index is 0.000000275. The van der Waals surface area contributed by atoms with Crippen LogP contribution in [0.5, 0.6) is 46.0 Å². The first-order valence-corrected chi connectivity index (χ1v) is 37.1. The second kappa shape index (κ2) is 43.9. The Hall–Kier alpha value is -7.16. The zero-order valence-electron chi connectivity index (χ0n) is 139. The summed E-state index contributed by atoms with van der Waals surface area (Å²) in [6, 6.07) is -9.95. The molecule has 20 atom stereocenters. The van der Waals surface area contributed by atoms with Crippen LogP contribution in [-0.4, -0.2) is 201 Å². The number of hydrogen-bond acceptors (Lipinski definition) is 24. The van der Waals surface area contributed by atoms with Gasteiger partial charge in [0.1, 0.15) is 48.5 Å². The summed E-state index contributed by atoms with van der Waals surface area (Å²) >= 11 is 0. The zero-order chi connectivity index (χ0) is 150. The fourth-order valence-electron chi connectivity index (χ4n) is 11.6. The van der Waals surface area contributed by atoms with Crippen LogP contribution in [0.2, 0.25) is 0 Å². The van der Waals surface area contributed by atoms with Gasteiger partial charge in [-0.1, -0.05) is 110 Å². The highest BCUT2D eigenvalue weighted by atomic mass is 16.6. The maximum absolute atomic E-state index is 13.4. The van der Waals surface area contributed by atoms with Crippen molar-refractivity contribution in [1.82, 2.24) is 19.6 Å². The topological polar surface area (TPSA) is 296 Å². The van der Waals surface area contributed by atoms with Gasteiger partial charge in [-0.05, 0) is 191 Å². The highest BCUT2D eigenvalue weighted by molar-refractivity contribution is 5.77. The third-order valence-electron chi connectivity index (χ3n) is 18.4. The van der Waals surface area contributed by atoms with Crippen LogP contribution in [-0.2, 0) is 63.6 Å². The normalized spacial score (nSPS) is 48.2. The zero-order valence-corrected chi connectivity index (χ0v) is 69.2. The molecule has 12 rings (SSSR count). The molecule has 0 aromatic heterocycles. The highest BCUT2D eigenvalue weighted by Crippen LogP contribution is 2.50. The van der Waals surface area contributed by atoms with Crippen LogP contribution in [0.25, 0.3) is 0 Å². The fourth-order valence-corrected chi connectivity index (χ4v) is 11.6. The van der Waals surface area contributed by atoms with Gasteiger partial charge in [0.15, 0.2) is 46.0 Å². The lowest BCUT2D eigenvalue weighted by Crippen LogP contribution is -2.51. The number of piperidine rings is 4. The predicted octanol–water partition coefficient (Wildman–Crippen LogP) is 14.3. The summed E-state index contributed by atoms with van der Waals surface area (Å²) in [6.07, 6.45) is -62.5. The van der Waals surface area contributed by atoms with E-state index in [2.05, 4.69) is 0 Å². The summed E-state index contributed by atoms with van der Waals surface area (Å²) < 4.78 is 672. The van der Waals surface area contributed by atoms with Crippen molar-refractivity contribution < 1.29 is 172 Å². The maximum atomic E-state index is 13.4. The SMILES string of the molecule is [2H]C([2H])([2H])C([2H])(C)C([2H])([2H])C1([2H])C([2H])([2H])N2C(c3cc(OC)c(OC)cc3C([2H])([2H])C2([2H])[2H])C([2H])([2H])C1([2H])OC(=O)[C@@H](N)C(C)C.[2H]C([2H])([2H])C([2H])(C)C([2H])([2H])C1([2H])C([2H])([2H])N2C(c3cc(OC)c(OC)cc3C([2H])([2H])C2([2H])[2H])C([2H])([2H])C1([2H])OC(=O)[C@@H](N)C(C)C.[2H]C([2H])([2H])Oc1cc2c(cc1OC)C1N(C([2H])([2H])C2([2H])[2H])C([2H])([2H])C([2H])(C([2H])([2H])C([2H])(C)C([2H])([2H])[2H])C([2H])(OC(=O)[C@@H](N)C(C)C)C1([2H])[2H].[2H]C([2H])([2H])Oc1cc2c(cc1OC)C1N(C([2H])([2H])C2([2H])[2H])C([2H])([2H])C([2H])(C([2H])([2H])C([2H])(C)C([2H])([2H])[2H])C([2H])(OC(=O)[C@@H](N)C(C)C)C1([2H])[2H]. The molecular formula is C96H152N8O16. The van der Waals surface area contributed by atoms with E-state index in [4.69, 9.17) is 143 Å².